The number of aliphatic hydroxyl groups excluding tert-OH is 3. The minimum absolute atomic E-state index is 0.0204. The van der Waals surface area contributed by atoms with Crippen LogP contribution in [0.1, 0.15) is 56.0 Å². The molecule has 2 aromatic rings. The number of halogens is 1. The monoisotopic (exact) mass is 652 g/mol. The Morgan fingerprint density at radius 2 is 1.76 bits per heavy atom. The Hall–Kier alpha value is -3.46. The van der Waals surface area contributed by atoms with Crippen LogP contribution in [0, 0.1) is 0 Å². The van der Waals surface area contributed by atoms with Gasteiger partial charge in [0.1, 0.15) is 48.1 Å². The number of carbonyl (C=O) groups is 3. The van der Waals surface area contributed by atoms with Gasteiger partial charge in [-0.25, -0.2) is 0 Å². The van der Waals surface area contributed by atoms with Crippen LogP contribution in [0.5, 0.6) is 11.5 Å². The fraction of sp³-hybridized carbons (Fsp3) is 0.516. The van der Waals surface area contributed by atoms with Crippen molar-refractivity contribution in [1.29, 1.82) is 0 Å². The van der Waals surface area contributed by atoms with E-state index >= 15 is 0 Å². The molecule has 13 nitrogen and oxygen atoms in total. The number of ether oxygens (including phenoxy) is 5. The normalized spacial score (nSPS) is 21.5. The molecule has 45 heavy (non-hydrogen) atoms. The third-order valence-corrected chi connectivity index (χ3v) is 7.01. The highest BCUT2D eigenvalue weighted by molar-refractivity contribution is 6.32. The molecule has 5 N–H and O–H groups in total. The Bertz CT molecular complexity index is 1330. The second-order valence-electron chi connectivity index (χ2n) is 11.4. The minimum Gasteiger partial charge on any atom is -0.496 e. The molecule has 14 heteroatoms. The third-order valence-electron chi connectivity index (χ3n) is 6.72. The standard InChI is InChI=1S/C31H41ClN2O11/c1-31(2,3)45-25(37)11-7-10-24(36)33-18-9-6-8-17(12-18)16-43-22-14-21(41-4)19(13-20(22)32)29(40)34-26-28(39)27(38)23(15-35)44-30(26)42-5/h6,8-9,12-14,23,26-28,30,35,38-39H,7,10-11,15-16H2,1-5H3,(H,33,36)(H,34,40)/t23-,26-,27-,28-,30+/m1/s1. The van der Waals surface area contributed by atoms with E-state index in [2.05, 4.69) is 10.6 Å². The molecule has 0 saturated carbocycles. The van der Waals surface area contributed by atoms with Crippen LogP contribution >= 0.6 is 11.6 Å². The molecule has 0 radical (unpaired) electrons. The summed E-state index contributed by atoms with van der Waals surface area (Å²) in [7, 11) is 2.65. The maximum atomic E-state index is 13.2. The molecule has 0 aromatic heterocycles. The van der Waals surface area contributed by atoms with Crippen LogP contribution < -0.4 is 20.1 Å². The number of carbonyl (C=O) groups excluding carboxylic acids is 3. The molecule has 1 aliphatic heterocycles. The molecule has 1 heterocycles. The lowest BCUT2D eigenvalue weighted by Crippen LogP contribution is -2.64. The SMILES string of the molecule is COc1cc(OCc2cccc(NC(=O)CCCC(=O)OC(C)(C)C)c2)c(Cl)cc1C(=O)N[C@H]1[C@@H](OC)O[C@H](CO)[C@@H](O)[C@@H]1O. The number of methoxy groups -OCH3 is 2. The van der Waals surface area contributed by atoms with Crippen molar-refractivity contribution in [3.8, 4) is 11.5 Å². The van der Waals surface area contributed by atoms with E-state index in [0.29, 0.717) is 12.1 Å². The summed E-state index contributed by atoms with van der Waals surface area (Å²) in [5.74, 6) is -0.955. The van der Waals surface area contributed by atoms with Crippen molar-refractivity contribution >= 4 is 35.1 Å². The fourth-order valence-corrected chi connectivity index (χ4v) is 4.79. The molecule has 1 aliphatic rings. The van der Waals surface area contributed by atoms with E-state index in [4.69, 9.17) is 35.3 Å². The Kier molecular flexibility index (Phi) is 13.0. The molecule has 0 bridgehead atoms. The molecular formula is C31H41ClN2O11. The van der Waals surface area contributed by atoms with E-state index in [1.165, 1.54) is 26.4 Å². The maximum absolute atomic E-state index is 13.2. The summed E-state index contributed by atoms with van der Waals surface area (Å²) in [6.07, 6.45) is -4.56. The quantitative estimate of drug-likeness (QED) is 0.201. The molecule has 1 fully saturated rings. The van der Waals surface area contributed by atoms with Crippen LogP contribution in [0.25, 0.3) is 0 Å². The number of hydrogen-bond acceptors (Lipinski definition) is 11. The lowest BCUT2D eigenvalue weighted by atomic mass is 9.96. The van der Waals surface area contributed by atoms with Gasteiger partial charge in [0, 0.05) is 31.7 Å². The third kappa shape index (κ3) is 10.3. The first-order chi connectivity index (χ1) is 21.3. The number of amides is 2. The summed E-state index contributed by atoms with van der Waals surface area (Å²) in [5, 5.41) is 35.6. The van der Waals surface area contributed by atoms with E-state index in [-0.39, 0.29) is 53.4 Å². The summed E-state index contributed by atoms with van der Waals surface area (Å²) in [6.45, 7) is 4.87. The van der Waals surface area contributed by atoms with E-state index in [9.17, 15) is 29.7 Å². The molecule has 0 spiro atoms. The number of esters is 1. The smallest absolute Gasteiger partial charge is 0.306 e. The van der Waals surface area contributed by atoms with Gasteiger partial charge in [0.05, 0.1) is 24.3 Å². The molecule has 248 valence electrons. The van der Waals surface area contributed by atoms with Gasteiger partial charge in [0.15, 0.2) is 6.29 Å². The predicted molar refractivity (Wildman–Crippen MR) is 163 cm³/mol. The number of rotatable bonds is 13. The van der Waals surface area contributed by atoms with E-state index in [0.717, 1.165) is 5.56 Å². The van der Waals surface area contributed by atoms with Crippen LogP contribution in [-0.2, 0) is 30.4 Å². The van der Waals surface area contributed by atoms with Crippen molar-refractivity contribution in [2.24, 2.45) is 0 Å². The van der Waals surface area contributed by atoms with Gasteiger partial charge in [-0.2, -0.15) is 0 Å². The zero-order valence-corrected chi connectivity index (χ0v) is 26.6. The van der Waals surface area contributed by atoms with Gasteiger partial charge in [-0.05, 0) is 51.0 Å². The number of aliphatic hydroxyl groups is 3. The van der Waals surface area contributed by atoms with Crippen LogP contribution in [0.4, 0.5) is 5.69 Å². The molecule has 3 rings (SSSR count). The number of hydrogen-bond donors (Lipinski definition) is 5. The van der Waals surface area contributed by atoms with Crippen molar-refractivity contribution in [3.63, 3.8) is 0 Å². The average Bonchev–Trinajstić information content (AvgIpc) is 2.98. The first kappa shape index (κ1) is 36.0. The Morgan fingerprint density at radius 1 is 1.02 bits per heavy atom. The predicted octanol–water partition coefficient (Wildman–Crippen LogP) is 2.56. The average molecular weight is 653 g/mol. The van der Waals surface area contributed by atoms with E-state index < -0.39 is 48.8 Å². The molecule has 1 saturated heterocycles. The van der Waals surface area contributed by atoms with Gasteiger partial charge in [-0.15, -0.1) is 0 Å². The summed E-state index contributed by atoms with van der Waals surface area (Å²) < 4.78 is 27.2. The molecule has 0 unspecified atom stereocenters. The Morgan fingerprint density at radius 3 is 2.40 bits per heavy atom. The molecule has 5 atom stereocenters. The van der Waals surface area contributed by atoms with E-state index in [1.54, 1.807) is 45.0 Å². The summed E-state index contributed by atoms with van der Waals surface area (Å²) in [4.78, 5) is 37.4. The summed E-state index contributed by atoms with van der Waals surface area (Å²) in [5.41, 5.74) is 0.712. The zero-order valence-electron chi connectivity index (χ0n) is 25.9. The van der Waals surface area contributed by atoms with Crippen molar-refractivity contribution in [3.05, 3.63) is 52.5 Å². The Balaban J connectivity index is 1.61. The lowest BCUT2D eigenvalue weighted by Gasteiger charge is -2.41. The van der Waals surface area contributed by atoms with Gasteiger partial charge in [-0.1, -0.05) is 23.7 Å². The molecule has 0 aliphatic carbocycles. The summed E-state index contributed by atoms with van der Waals surface area (Å²) in [6, 6.07) is 8.61. The topological polar surface area (TPSA) is 182 Å². The van der Waals surface area contributed by atoms with Gasteiger partial charge in [0.2, 0.25) is 5.91 Å². The van der Waals surface area contributed by atoms with Crippen LogP contribution in [0.3, 0.4) is 0 Å². The van der Waals surface area contributed by atoms with Crippen LogP contribution in [0.2, 0.25) is 5.02 Å². The minimum atomic E-state index is -1.49. The Labute approximate surface area is 266 Å². The van der Waals surface area contributed by atoms with E-state index in [1.807, 2.05) is 0 Å². The highest BCUT2D eigenvalue weighted by Gasteiger charge is 2.45. The largest absolute Gasteiger partial charge is 0.496 e. The maximum Gasteiger partial charge on any atom is 0.306 e. The van der Waals surface area contributed by atoms with Crippen molar-refractivity contribution in [1.82, 2.24) is 5.32 Å². The molecular weight excluding hydrogens is 612 g/mol. The van der Waals surface area contributed by atoms with Crippen molar-refractivity contribution in [2.75, 3.05) is 26.1 Å². The van der Waals surface area contributed by atoms with Crippen molar-refractivity contribution in [2.45, 2.75) is 82.9 Å². The van der Waals surface area contributed by atoms with Gasteiger partial charge >= 0.3 is 5.97 Å². The number of nitrogens with one attached hydrogen (secondary N) is 2. The van der Waals surface area contributed by atoms with Gasteiger partial charge in [0.25, 0.3) is 5.91 Å². The second kappa shape index (κ2) is 16.2. The van der Waals surface area contributed by atoms with Gasteiger partial charge in [-0.3, -0.25) is 14.4 Å². The van der Waals surface area contributed by atoms with Crippen LogP contribution in [-0.4, -0.2) is 90.2 Å². The fourth-order valence-electron chi connectivity index (χ4n) is 4.57. The van der Waals surface area contributed by atoms with Gasteiger partial charge < -0.3 is 49.6 Å². The van der Waals surface area contributed by atoms with Crippen molar-refractivity contribution < 1.29 is 53.4 Å². The molecule has 2 amide bonds. The second-order valence-corrected chi connectivity index (χ2v) is 11.8. The van der Waals surface area contributed by atoms with Crippen LogP contribution in [0.15, 0.2) is 36.4 Å². The number of benzene rings is 2. The highest BCUT2D eigenvalue weighted by atomic mass is 35.5. The highest BCUT2D eigenvalue weighted by Crippen LogP contribution is 2.34. The first-order valence-electron chi connectivity index (χ1n) is 14.3. The summed E-state index contributed by atoms with van der Waals surface area (Å²) >= 11 is 6.45. The molecule has 2 aromatic carbocycles. The zero-order chi connectivity index (χ0) is 33.3. The first-order valence-corrected chi connectivity index (χ1v) is 14.7. The lowest BCUT2D eigenvalue weighted by molar-refractivity contribution is -0.261. The number of anilines is 1.